The summed E-state index contributed by atoms with van der Waals surface area (Å²) in [6.45, 7) is 3.03. The van der Waals surface area contributed by atoms with E-state index in [1.807, 2.05) is 6.07 Å². The fourth-order valence-corrected chi connectivity index (χ4v) is 3.91. The lowest BCUT2D eigenvalue weighted by Gasteiger charge is -2.25. The number of hydrogen-bond donors (Lipinski definition) is 0. The zero-order valence-corrected chi connectivity index (χ0v) is 14.4. The summed E-state index contributed by atoms with van der Waals surface area (Å²) in [7, 11) is 0. The van der Waals surface area contributed by atoms with Crippen molar-refractivity contribution in [2.45, 2.75) is 13.0 Å². The third-order valence-corrected chi connectivity index (χ3v) is 5.34. The number of rotatable bonds is 4. The Morgan fingerprint density at radius 2 is 1.62 bits per heavy atom. The molecule has 0 spiro atoms. The van der Waals surface area contributed by atoms with Gasteiger partial charge in [0.1, 0.15) is 5.01 Å². The first-order chi connectivity index (χ1) is 11.9. The van der Waals surface area contributed by atoms with Crippen LogP contribution in [0.1, 0.15) is 17.7 Å². The maximum absolute atomic E-state index is 4.81. The van der Waals surface area contributed by atoms with Crippen LogP contribution >= 0.6 is 11.3 Å². The average molecular weight is 332 g/mol. The van der Waals surface area contributed by atoms with Crippen LogP contribution in [0.5, 0.6) is 0 Å². The minimum absolute atomic E-state index is 0.932. The van der Waals surface area contributed by atoms with Crippen LogP contribution in [0.25, 0.3) is 16.1 Å². The van der Waals surface area contributed by atoms with Crippen LogP contribution in [0.2, 0.25) is 0 Å². The quantitative estimate of drug-likeness (QED) is 0.661. The molecule has 1 aliphatic heterocycles. The van der Waals surface area contributed by atoms with Gasteiger partial charge < -0.3 is 0 Å². The van der Waals surface area contributed by atoms with Crippen molar-refractivity contribution in [1.82, 2.24) is 9.88 Å². The highest BCUT2D eigenvalue weighted by molar-refractivity contribution is 7.13. The highest BCUT2D eigenvalue weighted by Gasteiger charge is 2.14. The lowest BCUT2D eigenvalue weighted by Crippen LogP contribution is -2.28. The molecule has 2 aromatic carbocycles. The molecule has 3 aromatic rings. The monoisotopic (exact) mass is 332 g/mol. The molecule has 0 bridgehead atoms. The van der Waals surface area contributed by atoms with E-state index < -0.39 is 0 Å². The molecule has 1 aliphatic rings. The molecule has 120 valence electrons. The van der Waals surface area contributed by atoms with E-state index in [0.29, 0.717) is 0 Å². The number of benzene rings is 2. The molecule has 24 heavy (non-hydrogen) atoms. The Kier molecular flexibility index (Phi) is 4.54. The van der Waals surface area contributed by atoms with Crippen LogP contribution < -0.4 is 0 Å². The summed E-state index contributed by atoms with van der Waals surface area (Å²) >= 11 is 1.74. The third kappa shape index (κ3) is 3.48. The summed E-state index contributed by atoms with van der Waals surface area (Å²) in [5.41, 5.74) is 5.21. The summed E-state index contributed by atoms with van der Waals surface area (Å²) < 4.78 is 0. The fraction of sp³-hybridized carbons (Fsp3) is 0.190. The second-order valence-electron chi connectivity index (χ2n) is 6.09. The van der Waals surface area contributed by atoms with Gasteiger partial charge in [-0.25, -0.2) is 4.98 Å². The molecule has 0 aliphatic carbocycles. The van der Waals surface area contributed by atoms with E-state index in [4.69, 9.17) is 4.98 Å². The maximum Gasteiger partial charge on any atom is 0.123 e. The smallest absolute Gasteiger partial charge is 0.123 e. The van der Waals surface area contributed by atoms with E-state index in [-0.39, 0.29) is 0 Å². The van der Waals surface area contributed by atoms with E-state index in [0.717, 1.165) is 31.1 Å². The molecule has 0 radical (unpaired) electrons. The van der Waals surface area contributed by atoms with Crippen LogP contribution in [0.3, 0.4) is 0 Å². The zero-order valence-electron chi connectivity index (χ0n) is 13.6. The zero-order chi connectivity index (χ0) is 16.2. The molecule has 0 saturated carbocycles. The van der Waals surface area contributed by atoms with E-state index in [1.54, 1.807) is 11.3 Å². The van der Waals surface area contributed by atoms with Crippen molar-refractivity contribution in [3.8, 4) is 10.6 Å². The molecular weight excluding hydrogens is 312 g/mol. The maximum atomic E-state index is 4.81. The predicted molar refractivity (Wildman–Crippen MR) is 102 cm³/mol. The Labute approximate surface area is 147 Å². The Balaban J connectivity index is 1.41. The fourth-order valence-electron chi connectivity index (χ4n) is 3.09. The molecule has 3 heteroatoms. The van der Waals surface area contributed by atoms with E-state index in [1.165, 1.54) is 22.4 Å². The van der Waals surface area contributed by atoms with Crippen LogP contribution in [0.4, 0.5) is 0 Å². The van der Waals surface area contributed by atoms with E-state index in [2.05, 4.69) is 71.0 Å². The largest absolute Gasteiger partial charge is 0.293 e. The van der Waals surface area contributed by atoms with Crippen molar-refractivity contribution < 1.29 is 0 Å². The van der Waals surface area contributed by atoms with Crippen LogP contribution in [-0.2, 0) is 6.54 Å². The van der Waals surface area contributed by atoms with Gasteiger partial charge in [0.2, 0.25) is 0 Å². The number of thiazole rings is 1. The van der Waals surface area contributed by atoms with Crippen molar-refractivity contribution in [1.29, 1.82) is 0 Å². The van der Waals surface area contributed by atoms with Crippen molar-refractivity contribution in [3.05, 3.63) is 83.4 Å². The van der Waals surface area contributed by atoms with Crippen LogP contribution in [0.15, 0.2) is 72.1 Å². The first-order valence-electron chi connectivity index (χ1n) is 8.35. The average Bonchev–Trinajstić information content (AvgIpc) is 3.12. The minimum atomic E-state index is 0.932. The lowest BCUT2D eigenvalue weighted by atomic mass is 9.99. The molecule has 0 N–H and O–H groups in total. The normalized spacial score (nSPS) is 15.2. The van der Waals surface area contributed by atoms with Crippen molar-refractivity contribution in [3.63, 3.8) is 0 Å². The van der Waals surface area contributed by atoms with Gasteiger partial charge >= 0.3 is 0 Å². The third-order valence-electron chi connectivity index (χ3n) is 4.40. The van der Waals surface area contributed by atoms with E-state index in [9.17, 15) is 0 Å². The molecule has 0 unspecified atom stereocenters. The van der Waals surface area contributed by atoms with Gasteiger partial charge in [0.15, 0.2) is 0 Å². The molecule has 0 saturated heterocycles. The Morgan fingerprint density at radius 1 is 0.917 bits per heavy atom. The van der Waals surface area contributed by atoms with Gasteiger partial charge in [-0.2, -0.15) is 0 Å². The molecule has 0 atom stereocenters. The molecule has 2 heterocycles. The summed E-state index contributed by atoms with van der Waals surface area (Å²) in [6.07, 6.45) is 3.48. The molecule has 4 rings (SSSR count). The standard InChI is InChI=1S/C21H20N2S/c1-3-7-17(8-4-1)18-11-13-23(14-12-18)15-20-16-24-21(22-20)19-9-5-2-6-10-19/h1-11,16H,12-15H2. The first kappa shape index (κ1) is 15.3. The van der Waals surface area contributed by atoms with Crippen molar-refractivity contribution in [2.24, 2.45) is 0 Å². The Morgan fingerprint density at radius 3 is 2.29 bits per heavy atom. The van der Waals surface area contributed by atoms with Gasteiger partial charge in [-0.3, -0.25) is 4.90 Å². The molecule has 0 fully saturated rings. The lowest BCUT2D eigenvalue weighted by molar-refractivity contribution is 0.291. The van der Waals surface area contributed by atoms with Crippen LogP contribution in [0, 0.1) is 0 Å². The molecular formula is C21H20N2S. The SMILES string of the molecule is C1=C(c2ccccc2)CCN(Cc2csc(-c3ccccc3)n2)C1. The number of nitrogens with zero attached hydrogens (tertiary/aromatic N) is 2. The predicted octanol–water partition coefficient (Wildman–Crippen LogP) is 5.10. The second-order valence-corrected chi connectivity index (χ2v) is 6.95. The van der Waals surface area contributed by atoms with Gasteiger partial charge in [-0.05, 0) is 17.6 Å². The number of aromatic nitrogens is 1. The van der Waals surface area contributed by atoms with Crippen LogP contribution in [-0.4, -0.2) is 23.0 Å². The highest BCUT2D eigenvalue weighted by Crippen LogP contribution is 2.26. The van der Waals surface area contributed by atoms with Gasteiger partial charge in [0.05, 0.1) is 5.69 Å². The van der Waals surface area contributed by atoms with Crippen molar-refractivity contribution >= 4 is 16.9 Å². The molecule has 0 amide bonds. The Hall–Kier alpha value is -2.23. The van der Waals surface area contributed by atoms with Gasteiger partial charge in [0.25, 0.3) is 0 Å². The second kappa shape index (κ2) is 7.12. The summed E-state index contributed by atoms with van der Waals surface area (Å²) in [5.74, 6) is 0. The summed E-state index contributed by atoms with van der Waals surface area (Å²) in [6, 6.07) is 21.1. The number of hydrogen-bond acceptors (Lipinski definition) is 3. The Bertz CT molecular complexity index is 821. The minimum Gasteiger partial charge on any atom is -0.293 e. The summed E-state index contributed by atoms with van der Waals surface area (Å²) in [5, 5.41) is 3.31. The highest BCUT2D eigenvalue weighted by atomic mass is 32.1. The first-order valence-corrected chi connectivity index (χ1v) is 9.23. The van der Waals surface area contributed by atoms with E-state index >= 15 is 0 Å². The van der Waals surface area contributed by atoms with Gasteiger partial charge in [-0.15, -0.1) is 11.3 Å². The summed E-state index contributed by atoms with van der Waals surface area (Å²) in [4.78, 5) is 7.28. The van der Waals surface area contributed by atoms with Crippen molar-refractivity contribution in [2.75, 3.05) is 13.1 Å². The topological polar surface area (TPSA) is 16.1 Å². The van der Waals surface area contributed by atoms with Gasteiger partial charge in [0, 0.05) is 30.6 Å². The molecule has 2 nitrogen and oxygen atoms in total. The van der Waals surface area contributed by atoms with Gasteiger partial charge in [-0.1, -0.05) is 66.7 Å². The molecule has 1 aromatic heterocycles.